The van der Waals surface area contributed by atoms with Crippen molar-refractivity contribution < 1.29 is 15.0 Å². The van der Waals surface area contributed by atoms with Gasteiger partial charge in [0.25, 0.3) is 5.91 Å². The molecular weight excluding hydrogens is 272 g/mol. The summed E-state index contributed by atoms with van der Waals surface area (Å²) in [5, 5.41) is 27.6. The van der Waals surface area contributed by atoms with Crippen LogP contribution in [0.2, 0.25) is 0 Å². The number of pyridine rings is 1. The van der Waals surface area contributed by atoms with Crippen molar-refractivity contribution in [3.05, 3.63) is 29.6 Å². The maximum absolute atomic E-state index is 12.4. The molecule has 1 aromatic rings. The molecule has 1 aliphatic rings. The van der Waals surface area contributed by atoms with Gasteiger partial charge in [-0.1, -0.05) is 0 Å². The Balaban J connectivity index is 2.06. The normalized spacial score (nSPS) is 19.9. The number of rotatable bonds is 3. The summed E-state index contributed by atoms with van der Waals surface area (Å²) in [6.45, 7) is 2.29. The van der Waals surface area contributed by atoms with E-state index >= 15 is 0 Å². The number of aliphatic hydroxyl groups is 2. The third-order valence-corrected chi connectivity index (χ3v) is 3.41. The fourth-order valence-electron chi connectivity index (χ4n) is 2.35. The molecule has 7 nitrogen and oxygen atoms in total. The molecule has 2 N–H and O–H groups in total. The van der Waals surface area contributed by atoms with E-state index in [4.69, 9.17) is 10.4 Å². The summed E-state index contributed by atoms with van der Waals surface area (Å²) >= 11 is 0. The Labute approximate surface area is 123 Å². The van der Waals surface area contributed by atoms with E-state index in [1.165, 1.54) is 12.3 Å². The van der Waals surface area contributed by atoms with Crippen molar-refractivity contribution in [2.45, 2.75) is 6.10 Å². The minimum Gasteiger partial charge on any atom is -0.395 e. The van der Waals surface area contributed by atoms with Crippen LogP contribution < -0.4 is 0 Å². The van der Waals surface area contributed by atoms with Gasteiger partial charge >= 0.3 is 0 Å². The third-order valence-electron chi connectivity index (χ3n) is 3.41. The predicted molar refractivity (Wildman–Crippen MR) is 74.4 cm³/mol. The molecule has 1 aliphatic heterocycles. The Morgan fingerprint density at radius 3 is 2.86 bits per heavy atom. The lowest BCUT2D eigenvalue weighted by atomic mass is 10.2. The second-order valence-corrected chi connectivity index (χ2v) is 4.97. The number of hydrogen-bond donors (Lipinski definition) is 2. The van der Waals surface area contributed by atoms with Crippen molar-refractivity contribution >= 4 is 5.91 Å². The summed E-state index contributed by atoms with van der Waals surface area (Å²) in [7, 11) is 0. The molecule has 0 spiro atoms. The first-order valence-electron chi connectivity index (χ1n) is 6.80. The zero-order valence-electron chi connectivity index (χ0n) is 11.6. The lowest BCUT2D eigenvalue weighted by Crippen LogP contribution is -2.37. The number of amides is 1. The minimum absolute atomic E-state index is 0.0280. The molecule has 21 heavy (non-hydrogen) atoms. The smallest absolute Gasteiger partial charge is 0.255 e. The Morgan fingerprint density at radius 2 is 2.24 bits per heavy atom. The zero-order valence-corrected chi connectivity index (χ0v) is 11.6. The summed E-state index contributed by atoms with van der Waals surface area (Å²) in [4.78, 5) is 19.8. The summed E-state index contributed by atoms with van der Waals surface area (Å²) in [5.41, 5.74) is 0.661. The van der Waals surface area contributed by atoms with Gasteiger partial charge in [-0.25, -0.2) is 4.98 Å². The van der Waals surface area contributed by atoms with Crippen molar-refractivity contribution in [3.63, 3.8) is 0 Å². The van der Waals surface area contributed by atoms with Crippen LogP contribution in [0.25, 0.3) is 0 Å². The number of aliphatic hydroxyl groups excluding tert-OH is 2. The average molecular weight is 290 g/mol. The van der Waals surface area contributed by atoms with E-state index in [1.54, 1.807) is 11.0 Å². The van der Waals surface area contributed by atoms with E-state index in [-0.39, 0.29) is 24.8 Å². The average Bonchev–Trinajstić information content (AvgIpc) is 2.68. The quantitative estimate of drug-likeness (QED) is 0.745. The van der Waals surface area contributed by atoms with E-state index < -0.39 is 6.10 Å². The summed E-state index contributed by atoms with van der Waals surface area (Å²) in [6.07, 6.45) is 0.734. The topological polar surface area (TPSA) is 101 Å². The summed E-state index contributed by atoms with van der Waals surface area (Å²) < 4.78 is 0. The molecule has 2 rings (SSSR count). The lowest BCUT2D eigenvalue weighted by Gasteiger charge is -2.21. The van der Waals surface area contributed by atoms with Gasteiger partial charge in [-0.05, 0) is 12.1 Å². The van der Waals surface area contributed by atoms with Gasteiger partial charge in [0.1, 0.15) is 11.8 Å². The standard InChI is InChI=1S/C14H18N4O3/c15-7-12-2-1-11(8-16-12)14(21)18-4-3-17(5-6-19)9-13(20)10-18/h1-2,8,13,19-20H,3-6,9-10H2/t13-/m0/s1. The SMILES string of the molecule is N#Cc1ccc(C(=O)N2CCN(CCO)C[C@H](O)C2)cn1. The number of hydrogen-bond acceptors (Lipinski definition) is 6. The first-order chi connectivity index (χ1) is 10.1. The van der Waals surface area contributed by atoms with Crippen LogP contribution in [-0.2, 0) is 0 Å². The van der Waals surface area contributed by atoms with Crippen molar-refractivity contribution in [2.24, 2.45) is 0 Å². The van der Waals surface area contributed by atoms with Gasteiger partial charge in [0.15, 0.2) is 0 Å². The van der Waals surface area contributed by atoms with Crippen LogP contribution in [-0.4, -0.2) is 76.3 Å². The number of carbonyl (C=O) groups is 1. The molecule has 0 bridgehead atoms. The molecule has 0 saturated carbocycles. The molecule has 0 radical (unpaired) electrons. The first kappa shape index (κ1) is 15.4. The fourth-order valence-corrected chi connectivity index (χ4v) is 2.35. The van der Waals surface area contributed by atoms with Crippen LogP contribution in [0.5, 0.6) is 0 Å². The molecule has 1 atom stereocenters. The van der Waals surface area contributed by atoms with Gasteiger partial charge in [-0.2, -0.15) is 5.26 Å². The monoisotopic (exact) mass is 290 g/mol. The molecule has 0 aromatic carbocycles. The van der Waals surface area contributed by atoms with Crippen molar-refractivity contribution in [3.8, 4) is 6.07 Å². The van der Waals surface area contributed by atoms with Gasteiger partial charge in [-0.3, -0.25) is 9.69 Å². The van der Waals surface area contributed by atoms with Gasteiger partial charge < -0.3 is 15.1 Å². The molecule has 0 unspecified atom stereocenters. The number of nitrogens with zero attached hydrogens (tertiary/aromatic N) is 4. The molecule has 2 heterocycles. The lowest BCUT2D eigenvalue weighted by molar-refractivity contribution is 0.0660. The Hall–Kier alpha value is -2.01. The first-order valence-corrected chi connectivity index (χ1v) is 6.80. The van der Waals surface area contributed by atoms with Crippen molar-refractivity contribution in [2.75, 3.05) is 39.3 Å². The molecular formula is C14H18N4O3. The molecule has 1 aromatic heterocycles. The number of carbonyl (C=O) groups excluding carboxylic acids is 1. The Kier molecular flexibility index (Phi) is 5.22. The molecule has 1 saturated heterocycles. The van der Waals surface area contributed by atoms with E-state index in [9.17, 15) is 9.90 Å². The molecule has 0 aliphatic carbocycles. The van der Waals surface area contributed by atoms with Gasteiger partial charge in [-0.15, -0.1) is 0 Å². The van der Waals surface area contributed by atoms with E-state index in [1.807, 2.05) is 11.0 Å². The largest absolute Gasteiger partial charge is 0.395 e. The van der Waals surface area contributed by atoms with Gasteiger partial charge in [0.2, 0.25) is 0 Å². The van der Waals surface area contributed by atoms with E-state index in [0.717, 1.165) is 0 Å². The molecule has 112 valence electrons. The van der Waals surface area contributed by atoms with Crippen LogP contribution >= 0.6 is 0 Å². The third kappa shape index (κ3) is 3.98. The van der Waals surface area contributed by atoms with Crippen LogP contribution in [0.4, 0.5) is 0 Å². The van der Waals surface area contributed by atoms with Crippen LogP contribution in [0.3, 0.4) is 0 Å². The highest BCUT2D eigenvalue weighted by atomic mass is 16.3. The van der Waals surface area contributed by atoms with Gasteiger partial charge in [0.05, 0.1) is 18.3 Å². The highest BCUT2D eigenvalue weighted by Crippen LogP contribution is 2.09. The molecule has 1 fully saturated rings. The van der Waals surface area contributed by atoms with Gasteiger partial charge in [0, 0.05) is 38.9 Å². The predicted octanol–water partition coefficient (Wildman–Crippen LogP) is -0.936. The Bertz CT molecular complexity index is 526. The van der Waals surface area contributed by atoms with Crippen molar-refractivity contribution in [1.82, 2.24) is 14.8 Å². The van der Waals surface area contributed by atoms with Crippen molar-refractivity contribution in [1.29, 1.82) is 5.26 Å². The van der Waals surface area contributed by atoms with E-state index in [0.29, 0.717) is 31.7 Å². The van der Waals surface area contributed by atoms with Crippen LogP contribution in [0.1, 0.15) is 16.1 Å². The fraction of sp³-hybridized carbons (Fsp3) is 0.500. The molecule has 7 heteroatoms. The summed E-state index contributed by atoms with van der Waals surface area (Å²) in [5.74, 6) is -0.211. The molecule has 1 amide bonds. The highest BCUT2D eigenvalue weighted by Gasteiger charge is 2.25. The number of nitriles is 1. The summed E-state index contributed by atoms with van der Waals surface area (Å²) in [6, 6.07) is 4.97. The van der Waals surface area contributed by atoms with E-state index in [2.05, 4.69) is 4.98 Å². The van der Waals surface area contributed by atoms with Crippen LogP contribution in [0, 0.1) is 11.3 Å². The second kappa shape index (κ2) is 7.13. The number of aromatic nitrogens is 1. The van der Waals surface area contributed by atoms with Crippen LogP contribution in [0.15, 0.2) is 18.3 Å². The minimum atomic E-state index is -0.644. The number of β-amino-alcohol motifs (C(OH)–C–C–N with tert-alkyl or cyclic N) is 2. The Morgan fingerprint density at radius 1 is 1.43 bits per heavy atom. The highest BCUT2D eigenvalue weighted by molar-refractivity contribution is 5.94. The maximum atomic E-state index is 12.4. The maximum Gasteiger partial charge on any atom is 0.255 e. The second-order valence-electron chi connectivity index (χ2n) is 4.97. The zero-order chi connectivity index (χ0) is 15.2.